The summed E-state index contributed by atoms with van der Waals surface area (Å²) in [7, 11) is 0. The molecule has 1 rings (SSSR count). The van der Waals surface area contributed by atoms with E-state index >= 15 is 0 Å². The lowest BCUT2D eigenvalue weighted by Crippen LogP contribution is -2.28. The first-order valence-corrected chi connectivity index (χ1v) is 5.24. The van der Waals surface area contributed by atoms with Crippen LogP contribution in [-0.2, 0) is 6.54 Å². The molecule has 1 heterocycles. The standard InChI is InChI=1S/C9H16N2S/c1-2-11(5-4-10)7-9-3-6-12-8-9/h3,6,8H,2,4-5,7,10H2,1H3. The second-order valence-corrected chi connectivity index (χ2v) is 3.57. The molecule has 0 fully saturated rings. The van der Waals surface area contributed by atoms with Crippen molar-refractivity contribution in [1.82, 2.24) is 4.90 Å². The third kappa shape index (κ3) is 2.93. The van der Waals surface area contributed by atoms with Gasteiger partial charge >= 0.3 is 0 Å². The second-order valence-electron chi connectivity index (χ2n) is 2.79. The lowest BCUT2D eigenvalue weighted by molar-refractivity contribution is 0.288. The Hall–Kier alpha value is -0.380. The van der Waals surface area contributed by atoms with Gasteiger partial charge in [0.05, 0.1) is 0 Å². The molecule has 0 aromatic carbocycles. The zero-order valence-corrected chi connectivity index (χ0v) is 8.31. The minimum atomic E-state index is 0.748. The van der Waals surface area contributed by atoms with Crippen molar-refractivity contribution in [2.75, 3.05) is 19.6 Å². The van der Waals surface area contributed by atoms with E-state index in [9.17, 15) is 0 Å². The van der Waals surface area contributed by atoms with Crippen LogP contribution in [0.1, 0.15) is 12.5 Å². The fourth-order valence-corrected chi connectivity index (χ4v) is 1.83. The van der Waals surface area contributed by atoms with Crippen molar-refractivity contribution in [3.05, 3.63) is 22.4 Å². The predicted octanol–water partition coefficient (Wildman–Crippen LogP) is 1.53. The average Bonchev–Trinajstić information content (AvgIpc) is 2.56. The van der Waals surface area contributed by atoms with E-state index in [-0.39, 0.29) is 0 Å². The summed E-state index contributed by atoms with van der Waals surface area (Å²) in [6, 6.07) is 2.17. The van der Waals surface area contributed by atoms with Crippen LogP contribution in [-0.4, -0.2) is 24.5 Å². The van der Waals surface area contributed by atoms with Crippen LogP contribution in [0.2, 0.25) is 0 Å². The maximum Gasteiger partial charge on any atom is 0.0242 e. The van der Waals surface area contributed by atoms with Gasteiger partial charge in [-0.1, -0.05) is 6.92 Å². The highest BCUT2D eigenvalue weighted by molar-refractivity contribution is 7.07. The van der Waals surface area contributed by atoms with Crippen LogP contribution in [0.4, 0.5) is 0 Å². The monoisotopic (exact) mass is 184 g/mol. The van der Waals surface area contributed by atoms with Crippen molar-refractivity contribution in [3.63, 3.8) is 0 Å². The van der Waals surface area contributed by atoms with Crippen LogP contribution in [0.5, 0.6) is 0 Å². The molecule has 0 radical (unpaired) electrons. The first kappa shape index (κ1) is 9.71. The first-order chi connectivity index (χ1) is 5.86. The smallest absolute Gasteiger partial charge is 0.0242 e. The fraction of sp³-hybridized carbons (Fsp3) is 0.556. The Bertz CT molecular complexity index is 196. The van der Waals surface area contributed by atoms with E-state index in [0.29, 0.717) is 0 Å². The van der Waals surface area contributed by atoms with E-state index in [1.165, 1.54) is 5.56 Å². The van der Waals surface area contributed by atoms with Gasteiger partial charge in [0.1, 0.15) is 0 Å². The van der Waals surface area contributed by atoms with Crippen molar-refractivity contribution in [2.45, 2.75) is 13.5 Å². The summed E-state index contributed by atoms with van der Waals surface area (Å²) in [6.45, 7) is 6.02. The van der Waals surface area contributed by atoms with Crippen molar-refractivity contribution in [2.24, 2.45) is 5.73 Å². The minimum absolute atomic E-state index is 0.748. The van der Waals surface area contributed by atoms with Gasteiger partial charge < -0.3 is 5.73 Å². The summed E-state index contributed by atoms with van der Waals surface area (Å²) >= 11 is 1.75. The molecule has 0 aliphatic rings. The molecule has 0 saturated carbocycles. The minimum Gasteiger partial charge on any atom is -0.329 e. The van der Waals surface area contributed by atoms with E-state index in [1.54, 1.807) is 11.3 Å². The SMILES string of the molecule is CCN(CCN)Cc1ccsc1. The molecule has 68 valence electrons. The maximum absolute atomic E-state index is 5.49. The lowest BCUT2D eigenvalue weighted by Gasteiger charge is -2.18. The van der Waals surface area contributed by atoms with E-state index < -0.39 is 0 Å². The summed E-state index contributed by atoms with van der Waals surface area (Å²) in [6.07, 6.45) is 0. The largest absolute Gasteiger partial charge is 0.329 e. The van der Waals surface area contributed by atoms with Gasteiger partial charge in [0.15, 0.2) is 0 Å². The van der Waals surface area contributed by atoms with Gasteiger partial charge in [-0.25, -0.2) is 0 Å². The molecule has 0 amide bonds. The van der Waals surface area contributed by atoms with Gasteiger partial charge in [0.25, 0.3) is 0 Å². The highest BCUT2D eigenvalue weighted by Crippen LogP contribution is 2.08. The lowest BCUT2D eigenvalue weighted by atomic mass is 10.3. The molecule has 0 saturated heterocycles. The second kappa shape index (κ2) is 5.30. The van der Waals surface area contributed by atoms with E-state index in [1.807, 2.05) is 0 Å². The van der Waals surface area contributed by atoms with Gasteiger partial charge in [0.2, 0.25) is 0 Å². The Morgan fingerprint density at radius 2 is 2.42 bits per heavy atom. The molecule has 0 aliphatic heterocycles. The number of hydrogen-bond donors (Lipinski definition) is 1. The molecule has 0 aliphatic carbocycles. The molecule has 12 heavy (non-hydrogen) atoms. The van der Waals surface area contributed by atoms with Gasteiger partial charge in [-0.2, -0.15) is 11.3 Å². The normalized spacial score (nSPS) is 10.9. The summed E-state index contributed by atoms with van der Waals surface area (Å²) in [4.78, 5) is 2.35. The molecule has 2 N–H and O–H groups in total. The number of thiophene rings is 1. The molecular formula is C9H16N2S. The fourth-order valence-electron chi connectivity index (χ4n) is 1.17. The number of rotatable bonds is 5. The third-order valence-electron chi connectivity index (χ3n) is 1.88. The van der Waals surface area contributed by atoms with Crippen LogP contribution in [0.25, 0.3) is 0 Å². The van der Waals surface area contributed by atoms with Crippen molar-refractivity contribution < 1.29 is 0 Å². The van der Waals surface area contributed by atoms with Gasteiger partial charge in [-0.3, -0.25) is 4.90 Å². The Morgan fingerprint density at radius 3 is 2.92 bits per heavy atom. The molecule has 1 aromatic rings. The van der Waals surface area contributed by atoms with Crippen molar-refractivity contribution in [3.8, 4) is 0 Å². The summed E-state index contributed by atoms with van der Waals surface area (Å²) < 4.78 is 0. The number of nitrogens with two attached hydrogens (primary N) is 1. The predicted molar refractivity (Wildman–Crippen MR) is 54.3 cm³/mol. The van der Waals surface area contributed by atoms with E-state index in [0.717, 1.165) is 26.2 Å². The van der Waals surface area contributed by atoms with Crippen LogP contribution >= 0.6 is 11.3 Å². The molecule has 0 bridgehead atoms. The van der Waals surface area contributed by atoms with E-state index in [2.05, 4.69) is 28.7 Å². The molecule has 2 nitrogen and oxygen atoms in total. The number of nitrogens with zero attached hydrogens (tertiary/aromatic N) is 1. The van der Waals surface area contributed by atoms with Gasteiger partial charge in [-0.15, -0.1) is 0 Å². The Balaban J connectivity index is 2.37. The Morgan fingerprint density at radius 1 is 1.58 bits per heavy atom. The molecule has 3 heteroatoms. The molecular weight excluding hydrogens is 168 g/mol. The van der Waals surface area contributed by atoms with E-state index in [4.69, 9.17) is 5.73 Å². The molecule has 0 unspecified atom stereocenters. The van der Waals surface area contributed by atoms with Gasteiger partial charge in [-0.05, 0) is 28.9 Å². The molecule has 0 spiro atoms. The number of likely N-dealkylation sites (N-methyl/N-ethyl adjacent to an activating group) is 1. The summed E-state index contributed by atoms with van der Waals surface area (Å²) in [5.41, 5.74) is 6.89. The van der Waals surface area contributed by atoms with Crippen LogP contribution < -0.4 is 5.73 Å². The zero-order valence-electron chi connectivity index (χ0n) is 7.49. The maximum atomic E-state index is 5.49. The highest BCUT2D eigenvalue weighted by atomic mass is 32.1. The summed E-state index contributed by atoms with van der Waals surface area (Å²) in [5, 5.41) is 4.31. The Kier molecular flexibility index (Phi) is 4.29. The zero-order chi connectivity index (χ0) is 8.81. The molecule has 0 atom stereocenters. The topological polar surface area (TPSA) is 29.3 Å². The van der Waals surface area contributed by atoms with Crippen molar-refractivity contribution >= 4 is 11.3 Å². The molecule has 1 aromatic heterocycles. The van der Waals surface area contributed by atoms with Crippen LogP contribution in [0.15, 0.2) is 16.8 Å². The van der Waals surface area contributed by atoms with Crippen molar-refractivity contribution in [1.29, 1.82) is 0 Å². The first-order valence-electron chi connectivity index (χ1n) is 4.30. The quantitative estimate of drug-likeness (QED) is 0.752. The average molecular weight is 184 g/mol. The Labute approximate surface area is 78.0 Å². The highest BCUT2D eigenvalue weighted by Gasteiger charge is 2.01. The third-order valence-corrected chi connectivity index (χ3v) is 2.61. The van der Waals surface area contributed by atoms with Crippen LogP contribution in [0, 0.1) is 0 Å². The number of hydrogen-bond acceptors (Lipinski definition) is 3. The van der Waals surface area contributed by atoms with Crippen LogP contribution in [0.3, 0.4) is 0 Å². The van der Waals surface area contributed by atoms with Gasteiger partial charge in [0, 0.05) is 19.6 Å². The summed E-state index contributed by atoms with van der Waals surface area (Å²) in [5.74, 6) is 0.